The van der Waals surface area contributed by atoms with E-state index < -0.39 is 0 Å². The van der Waals surface area contributed by atoms with Crippen molar-refractivity contribution in [3.8, 4) is 0 Å². The number of benzene rings is 2. The van der Waals surface area contributed by atoms with Crippen molar-refractivity contribution in [3.05, 3.63) is 64.7 Å². The minimum Gasteiger partial charge on any atom is -0.326 e. The van der Waals surface area contributed by atoms with Gasteiger partial charge in [-0.15, -0.1) is 0 Å². The van der Waals surface area contributed by atoms with Crippen LogP contribution in [0.2, 0.25) is 5.02 Å². The highest BCUT2D eigenvalue weighted by atomic mass is 35.5. The second-order valence-corrected chi connectivity index (χ2v) is 5.68. The zero-order valence-corrected chi connectivity index (χ0v) is 12.0. The van der Waals surface area contributed by atoms with Crippen molar-refractivity contribution in [1.29, 1.82) is 0 Å². The summed E-state index contributed by atoms with van der Waals surface area (Å²) in [6, 6.07) is 15.6. The average Bonchev–Trinajstić information content (AvgIpc) is 3.22. The smallest absolute Gasteiger partial charge is 0.228 e. The van der Waals surface area contributed by atoms with E-state index in [9.17, 15) is 4.79 Å². The van der Waals surface area contributed by atoms with E-state index in [0.29, 0.717) is 0 Å². The number of carbonyl (C=O) groups is 1. The van der Waals surface area contributed by atoms with Gasteiger partial charge in [0.1, 0.15) is 0 Å². The minimum atomic E-state index is 0.0366. The number of nitrogens with one attached hydrogen (secondary N) is 1. The molecule has 1 saturated carbocycles. The average molecular weight is 286 g/mol. The van der Waals surface area contributed by atoms with Crippen molar-refractivity contribution in [3.63, 3.8) is 0 Å². The van der Waals surface area contributed by atoms with Gasteiger partial charge in [-0.3, -0.25) is 4.79 Å². The zero-order valence-electron chi connectivity index (χ0n) is 11.3. The first-order chi connectivity index (χ1) is 9.66. The van der Waals surface area contributed by atoms with E-state index in [1.165, 1.54) is 0 Å². The summed E-state index contributed by atoms with van der Waals surface area (Å²) in [5.74, 6) is 0.381. The minimum absolute atomic E-state index is 0.0366. The Kier molecular flexibility index (Phi) is 3.49. The molecule has 20 heavy (non-hydrogen) atoms. The number of hydrogen-bond acceptors (Lipinski definition) is 1. The van der Waals surface area contributed by atoms with Crippen molar-refractivity contribution in [2.45, 2.75) is 19.3 Å². The molecule has 0 spiro atoms. The van der Waals surface area contributed by atoms with E-state index in [1.54, 1.807) is 0 Å². The molecule has 0 heterocycles. The molecule has 0 saturated heterocycles. The van der Waals surface area contributed by atoms with Crippen LogP contribution in [0.5, 0.6) is 0 Å². The highest BCUT2D eigenvalue weighted by Gasteiger charge is 2.44. The van der Waals surface area contributed by atoms with Gasteiger partial charge in [-0.2, -0.15) is 0 Å². The molecule has 2 aromatic rings. The molecule has 1 aliphatic carbocycles. The molecule has 2 atom stereocenters. The first kappa shape index (κ1) is 13.2. The normalized spacial score (nSPS) is 20.5. The highest BCUT2D eigenvalue weighted by molar-refractivity contribution is 6.31. The van der Waals surface area contributed by atoms with Gasteiger partial charge in [0, 0.05) is 16.6 Å². The van der Waals surface area contributed by atoms with Gasteiger partial charge in [0.2, 0.25) is 5.91 Å². The monoisotopic (exact) mass is 285 g/mol. The molecule has 0 bridgehead atoms. The van der Waals surface area contributed by atoms with Crippen LogP contribution in [-0.4, -0.2) is 5.91 Å². The van der Waals surface area contributed by atoms with Crippen molar-refractivity contribution < 1.29 is 4.79 Å². The SMILES string of the molecule is Cc1ccccc1NC(=O)C1CC1c1ccccc1Cl. The second kappa shape index (κ2) is 5.29. The maximum absolute atomic E-state index is 12.3. The first-order valence-corrected chi connectivity index (χ1v) is 7.15. The molecule has 1 amide bonds. The Morgan fingerprint density at radius 3 is 2.60 bits per heavy atom. The van der Waals surface area contributed by atoms with Gasteiger partial charge in [0.15, 0.2) is 0 Å². The lowest BCUT2D eigenvalue weighted by Gasteiger charge is -2.08. The summed E-state index contributed by atoms with van der Waals surface area (Å²) in [6.45, 7) is 1.99. The van der Waals surface area contributed by atoms with Crippen molar-refractivity contribution in [2.75, 3.05) is 5.32 Å². The van der Waals surface area contributed by atoms with Crippen LogP contribution in [0.3, 0.4) is 0 Å². The molecule has 0 aromatic heterocycles. The molecule has 0 radical (unpaired) electrons. The molecule has 3 rings (SSSR count). The van der Waals surface area contributed by atoms with Crippen LogP contribution in [0.1, 0.15) is 23.5 Å². The van der Waals surface area contributed by atoms with Gasteiger partial charge >= 0.3 is 0 Å². The molecule has 1 fully saturated rings. The summed E-state index contributed by atoms with van der Waals surface area (Å²) < 4.78 is 0. The van der Waals surface area contributed by atoms with E-state index in [0.717, 1.165) is 28.3 Å². The number of hydrogen-bond donors (Lipinski definition) is 1. The van der Waals surface area contributed by atoms with Crippen LogP contribution in [0.15, 0.2) is 48.5 Å². The molecule has 3 heteroatoms. The Balaban J connectivity index is 1.69. The lowest BCUT2D eigenvalue weighted by atomic mass is 10.1. The van der Waals surface area contributed by atoms with Crippen molar-refractivity contribution in [2.24, 2.45) is 5.92 Å². The van der Waals surface area contributed by atoms with E-state index >= 15 is 0 Å². The van der Waals surface area contributed by atoms with E-state index in [2.05, 4.69) is 5.32 Å². The molecule has 2 nitrogen and oxygen atoms in total. The van der Waals surface area contributed by atoms with Crippen LogP contribution >= 0.6 is 11.6 Å². The van der Waals surface area contributed by atoms with Gasteiger partial charge in [-0.25, -0.2) is 0 Å². The maximum Gasteiger partial charge on any atom is 0.228 e. The number of aryl methyl sites for hydroxylation is 1. The fraction of sp³-hybridized carbons (Fsp3) is 0.235. The maximum atomic E-state index is 12.3. The Labute approximate surface area is 123 Å². The van der Waals surface area contributed by atoms with Gasteiger partial charge in [-0.05, 0) is 42.5 Å². The fourth-order valence-corrected chi connectivity index (χ4v) is 2.82. The Morgan fingerprint density at radius 2 is 1.85 bits per heavy atom. The standard InChI is InChI=1S/C17H16ClNO/c1-11-6-2-5-9-16(11)19-17(20)14-10-13(14)12-7-3-4-8-15(12)18/h2-9,13-14H,10H2,1H3,(H,19,20). The Hall–Kier alpha value is -1.80. The van der Waals surface area contributed by atoms with Gasteiger partial charge in [0.05, 0.1) is 0 Å². The molecule has 2 aromatic carbocycles. The van der Waals surface area contributed by atoms with Crippen molar-refractivity contribution >= 4 is 23.2 Å². The number of para-hydroxylation sites is 1. The molecule has 0 aliphatic heterocycles. The van der Waals surface area contributed by atoms with E-state index in [1.807, 2.05) is 55.5 Å². The van der Waals surface area contributed by atoms with Crippen LogP contribution in [0.25, 0.3) is 0 Å². The summed E-state index contributed by atoms with van der Waals surface area (Å²) in [6.07, 6.45) is 0.876. The van der Waals surface area contributed by atoms with Crippen LogP contribution < -0.4 is 5.32 Å². The number of rotatable bonds is 3. The molecular weight excluding hydrogens is 270 g/mol. The number of amides is 1. The van der Waals surface area contributed by atoms with Gasteiger partial charge < -0.3 is 5.32 Å². The fourth-order valence-electron chi connectivity index (χ4n) is 2.54. The van der Waals surface area contributed by atoms with E-state index in [-0.39, 0.29) is 17.7 Å². The lowest BCUT2D eigenvalue weighted by molar-refractivity contribution is -0.117. The molecular formula is C17H16ClNO. The summed E-state index contributed by atoms with van der Waals surface area (Å²) in [5, 5.41) is 3.76. The third kappa shape index (κ3) is 2.56. The lowest BCUT2D eigenvalue weighted by Crippen LogP contribution is -2.15. The number of anilines is 1. The molecule has 1 aliphatic rings. The summed E-state index contributed by atoms with van der Waals surface area (Å²) in [7, 11) is 0. The summed E-state index contributed by atoms with van der Waals surface area (Å²) in [5.41, 5.74) is 3.05. The van der Waals surface area contributed by atoms with Crippen molar-refractivity contribution in [1.82, 2.24) is 0 Å². The second-order valence-electron chi connectivity index (χ2n) is 5.27. The Morgan fingerprint density at radius 1 is 1.15 bits per heavy atom. The predicted octanol–water partition coefficient (Wildman–Crippen LogP) is 4.39. The third-order valence-electron chi connectivity index (χ3n) is 3.83. The summed E-state index contributed by atoms with van der Waals surface area (Å²) >= 11 is 6.18. The highest BCUT2D eigenvalue weighted by Crippen LogP contribution is 2.50. The van der Waals surface area contributed by atoms with Crippen LogP contribution in [0.4, 0.5) is 5.69 Å². The predicted molar refractivity (Wildman–Crippen MR) is 82.1 cm³/mol. The van der Waals surface area contributed by atoms with Gasteiger partial charge in [-0.1, -0.05) is 48.0 Å². The van der Waals surface area contributed by atoms with E-state index in [4.69, 9.17) is 11.6 Å². The zero-order chi connectivity index (χ0) is 14.1. The number of halogens is 1. The first-order valence-electron chi connectivity index (χ1n) is 6.77. The quantitative estimate of drug-likeness (QED) is 0.890. The molecule has 2 unspecified atom stereocenters. The third-order valence-corrected chi connectivity index (χ3v) is 4.18. The Bertz CT molecular complexity index is 653. The van der Waals surface area contributed by atoms with Gasteiger partial charge in [0.25, 0.3) is 0 Å². The molecule has 102 valence electrons. The number of carbonyl (C=O) groups excluding carboxylic acids is 1. The van der Waals surface area contributed by atoms with Crippen LogP contribution in [-0.2, 0) is 4.79 Å². The molecule has 1 N–H and O–H groups in total. The topological polar surface area (TPSA) is 29.1 Å². The summed E-state index contributed by atoms with van der Waals surface area (Å²) in [4.78, 5) is 12.3. The van der Waals surface area contributed by atoms with Crippen LogP contribution in [0, 0.1) is 12.8 Å². The largest absolute Gasteiger partial charge is 0.326 e.